The highest BCUT2D eigenvalue weighted by Gasteiger charge is 2.31. The Labute approximate surface area is 258 Å². The van der Waals surface area contributed by atoms with Crippen LogP contribution in [-0.2, 0) is 25.7 Å². The van der Waals surface area contributed by atoms with Gasteiger partial charge in [-0.3, -0.25) is 19.2 Å². The van der Waals surface area contributed by atoms with Gasteiger partial charge in [0.1, 0.15) is 24.4 Å². The van der Waals surface area contributed by atoms with E-state index in [1.807, 2.05) is 39.0 Å². The molecule has 0 unspecified atom stereocenters. The van der Waals surface area contributed by atoms with Gasteiger partial charge in [-0.15, -0.1) is 0 Å². The number of ether oxygens (including phenoxy) is 2. The maximum atomic E-state index is 13.6. The van der Waals surface area contributed by atoms with Gasteiger partial charge in [-0.1, -0.05) is 69.1 Å². The molecule has 0 bridgehead atoms. The van der Waals surface area contributed by atoms with Gasteiger partial charge in [0.2, 0.25) is 17.7 Å². The number of nitrogens with one attached hydrogen (secondary N) is 3. The fourth-order valence-electron chi connectivity index (χ4n) is 4.69. The molecule has 0 saturated heterocycles. The summed E-state index contributed by atoms with van der Waals surface area (Å²) in [5.41, 5.74) is 1.05. The summed E-state index contributed by atoms with van der Waals surface area (Å²) < 4.78 is 11.6. The van der Waals surface area contributed by atoms with Crippen LogP contribution in [-0.4, -0.2) is 73.5 Å². The Bertz CT molecular complexity index is 1240. The Hall–Kier alpha value is -3.63. The Kier molecular flexibility index (Phi) is 13.8. The van der Waals surface area contributed by atoms with Gasteiger partial charge in [0.25, 0.3) is 5.91 Å². The summed E-state index contributed by atoms with van der Waals surface area (Å²) in [6.07, 6.45) is 1.79. The molecule has 2 aromatic carbocycles. The van der Waals surface area contributed by atoms with Gasteiger partial charge in [0.15, 0.2) is 0 Å². The van der Waals surface area contributed by atoms with Crippen LogP contribution in [0.15, 0.2) is 48.5 Å². The molecule has 0 fully saturated rings. The molecule has 2 atom stereocenters. The van der Waals surface area contributed by atoms with Crippen LogP contribution in [0.5, 0.6) is 5.75 Å². The second-order valence-electron chi connectivity index (χ2n) is 10.9. The number of para-hydroxylation sites is 1. The van der Waals surface area contributed by atoms with Crippen LogP contribution in [0.3, 0.4) is 0 Å². The number of carbonyl (C=O) groups is 4. The van der Waals surface area contributed by atoms with Gasteiger partial charge in [0.05, 0.1) is 31.7 Å². The van der Waals surface area contributed by atoms with Crippen molar-refractivity contribution in [1.29, 1.82) is 0 Å². The standard InChI is InChI=1S/C32H43ClN4O6/c1-4-5-15-37-16-18-43-28-13-9-7-11-24(28)30(39)36-26(20-29(38)35-27(32(37)41)19-22(2)3)31(40)34-14-17-42-21-23-10-6-8-12-25(23)33/h6-13,22,26-27H,4-5,14-21H2,1-3H3,(H,34,40)(H,35,38)(H,36,39)/t26-,27-/m1/s1. The minimum Gasteiger partial charge on any atom is -0.491 e. The van der Waals surface area contributed by atoms with Crippen molar-refractivity contribution in [2.75, 3.05) is 32.8 Å². The molecule has 10 nitrogen and oxygen atoms in total. The highest BCUT2D eigenvalue weighted by Crippen LogP contribution is 2.19. The van der Waals surface area contributed by atoms with Crippen LogP contribution in [0.4, 0.5) is 0 Å². The molecule has 0 saturated carbocycles. The molecular weight excluding hydrogens is 572 g/mol. The Morgan fingerprint density at radius 2 is 1.86 bits per heavy atom. The summed E-state index contributed by atoms with van der Waals surface area (Å²) in [7, 11) is 0. The lowest BCUT2D eigenvalue weighted by Crippen LogP contribution is -2.53. The average molecular weight is 615 g/mol. The topological polar surface area (TPSA) is 126 Å². The average Bonchev–Trinajstić information content (AvgIpc) is 2.98. The molecule has 3 rings (SSSR count). The first-order valence-electron chi connectivity index (χ1n) is 14.9. The van der Waals surface area contributed by atoms with E-state index in [0.717, 1.165) is 18.4 Å². The first kappa shape index (κ1) is 33.9. The van der Waals surface area contributed by atoms with Crippen molar-refractivity contribution in [3.8, 4) is 5.75 Å². The van der Waals surface area contributed by atoms with Crippen LogP contribution in [0.1, 0.15) is 62.4 Å². The lowest BCUT2D eigenvalue weighted by molar-refractivity contribution is -0.137. The largest absolute Gasteiger partial charge is 0.491 e. The Morgan fingerprint density at radius 3 is 2.60 bits per heavy atom. The number of nitrogens with zero attached hydrogens (tertiary/aromatic N) is 1. The summed E-state index contributed by atoms with van der Waals surface area (Å²) in [5.74, 6) is -1.33. The van der Waals surface area contributed by atoms with E-state index in [4.69, 9.17) is 21.1 Å². The van der Waals surface area contributed by atoms with Crippen molar-refractivity contribution in [2.24, 2.45) is 5.92 Å². The van der Waals surface area contributed by atoms with E-state index in [-0.39, 0.29) is 50.2 Å². The third-order valence-corrected chi connectivity index (χ3v) is 7.33. The van der Waals surface area contributed by atoms with E-state index < -0.39 is 29.8 Å². The highest BCUT2D eigenvalue weighted by atomic mass is 35.5. The number of unbranched alkanes of at least 4 members (excludes halogenated alkanes) is 1. The van der Waals surface area contributed by atoms with Gasteiger partial charge in [0, 0.05) is 18.1 Å². The Morgan fingerprint density at radius 1 is 1.12 bits per heavy atom. The molecule has 11 heteroatoms. The second kappa shape index (κ2) is 17.5. The monoisotopic (exact) mass is 614 g/mol. The number of carbonyl (C=O) groups excluding carboxylic acids is 4. The number of hydrogen-bond donors (Lipinski definition) is 3. The first-order chi connectivity index (χ1) is 20.7. The zero-order valence-corrected chi connectivity index (χ0v) is 26.0. The van der Waals surface area contributed by atoms with Crippen molar-refractivity contribution in [1.82, 2.24) is 20.9 Å². The second-order valence-corrected chi connectivity index (χ2v) is 11.3. The summed E-state index contributed by atoms with van der Waals surface area (Å²) in [4.78, 5) is 55.2. The number of amides is 4. The lowest BCUT2D eigenvalue weighted by Gasteiger charge is -2.30. The lowest BCUT2D eigenvalue weighted by atomic mass is 10.0. The van der Waals surface area contributed by atoms with Gasteiger partial charge < -0.3 is 30.3 Å². The zero-order chi connectivity index (χ0) is 31.2. The molecule has 1 aliphatic rings. The number of benzene rings is 2. The van der Waals surface area contributed by atoms with Gasteiger partial charge in [-0.2, -0.15) is 0 Å². The van der Waals surface area contributed by atoms with E-state index in [2.05, 4.69) is 16.0 Å². The molecule has 0 aliphatic carbocycles. The molecule has 1 heterocycles. The van der Waals surface area contributed by atoms with E-state index in [1.54, 1.807) is 35.2 Å². The van der Waals surface area contributed by atoms with Crippen molar-refractivity contribution < 1.29 is 28.7 Å². The van der Waals surface area contributed by atoms with Crippen LogP contribution in [0.2, 0.25) is 5.02 Å². The zero-order valence-electron chi connectivity index (χ0n) is 25.2. The number of fused-ring (bicyclic) bond motifs is 1. The third kappa shape index (κ3) is 10.9. The first-order valence-corrected chi connectivity index (χ1v) is 15.3. The fourth-order valence-corrected chi connectivity index (χ4v) is 4.88. The fraction of sp³-hybridized carbons (Fsp3) is 0.500. The third-order valence-electron chi connectivity index (χ3n) is 6.96. The van der Waals surface area contributed by atoms with E-state index in [9.17, 15) is 19.2 Å². The Balaban J connectivity index is 1.77. The molecule has 234 valence electrons. The highest BCUT2D eigenvalue weighted by molar-refractivity contribution is 6.31. The molecular formula is C32H43ClN4O6. The summed E-state index contributed by atoms with van der Waals surface area (Å²) >= 11 is 6.16. The molecule has 0 aromatic heterocycles. The molecule has 0 radical (unpaired) electrons. The van der Waals surface area contributed by atoms with Crippen LogP contribution < -0.4 is 20.7 Å². The number of halogens is 1. The molecule has 1 aliphatic heterocycles. The van der Waals surface area contributed by atoms with Crippen molar-refractivity contribution in [2.45, 2.75) is 65.1 Å². The summed E-state index contributed by atoms with van der Waals surface area (Å²) in [5, 5.41) is 8.85. The van der Waals surface area contributed by atoms with E-state index >= 15 is 0 Å². The molecule has 0 spiro atoms. The van der Waals surface area contributed by atoms with Gasteiger partial charge >= 0.3 is 0 Å². The quantitative estimate of drug-likeness (QED) is 0.331. The molecule has 3 N–H and O–H groups in total. The van der Waals surface area contributed by atoms with Crippen molar-refractivity contribution >= 4 is 35.2 Å². The molecule has 2 aromatic rings. The van der Waals surface area contributed by atoms with Crippen LogP contribution in [0, 0.1) is 5.92 Å². The maximum Gasteiger partial charge on any atom is 0.255 e. The van der Waals surface area contributed by atoms with Crippen LogP contribution >= 0.6 is 11.6 Å². The predicted molar refractivity (Wildman–Crippen MR) is 165 cm³/mol. The molecule has 43 heavy (non-hydrogen) atoms. The van der Waals surface area contributed by atoms with Crippen molar-refractivity contribution in [3.63, 3.8) is 0 Å². The van der Waals surface area contributed by atoms with E-state index in [0.29, 0.717) is 30.3 Å². The maximum absolute atomic E-state index is 13.6. The van der Waals surface area contributed by atoms with Crippen molar-refractivity contribution in [3.05, 3.63) is 64.7 Å². The summed E-state index contributed by atoms with van der Waals surface area (Å²) in [6, 6.07) is 12.0. The van der Waals surface area contributed by atoms with Crippen LogP contribution in [0.25, 0.3) is 0 Å². The SMILES string of the molecule is CCCCN1CCOc2ccccc2C(=O)N[C@@H](C(=O)NCCOCc2ccccc2Cl)CC(=O)N[C@H](CC(C)C)C1=O. The number of rotatable bonds is 11. The van der Waals surface area contributed by atoms with Gasteiger partial charge in [-0.05, 0) is 42.5 Å². The smallest absolute Gasteiger partial charge is 0.255 e. The molecule has 4 amide bonds. The number of hydrogen-bond acceptors (Lipinski definition) is 6. The minimum absolute atomic E-state index is 0.133. The normalized spacial score (nSPS) is 18.3. The van der Waals surface area contributed by atoms with E-state index in [1.165, 1.54) is 0 Å². The predicted octanol–water partition coefficient (Wildman–Crippen LogP) is 3.71. The minimum atomic E-state index is -1.20. The summed E-state index contributed by atoms with van der Waals surface area (Å²) in [6.45, 7) is 7.62. The van der Waals surface area contributed by atoms with Gasteiger partial charge in [-0.25, -0.2) is 0 Å².